The Hall–Kier alpha value is -1.84. The lowest BCUT2D eigenvalue weighted by atomic mass is 10.2. The average molecular weight is 179 g/mol. The van der Waals surface area contributed by atoms with Crippen LogP contribution in [0.3, 0.4) is 0 Å². The number of hydrogen-bond acceptors (Lipinski definition) is 2. The van der Waals surface area contributed by atoms with Gasteiger partial charge in [0, 0.05) is 5.56 Å². The molecule has 0 bridgehead atoms. The molecule has 0 saturated heterocycles. The van der Waals surface area contributed by atoms with Crippen molar-refractivity contribution < 1.29 is 8.81 Å². The first-order chi connectivity index (χ1) is 6.27. The van der Waals surface area contributed by atoms with Crippen molar-refractivity contribution in [2.75, 3.05) is 0 Å². The van der Waals surface area contributed by atoms with Gasteiger partial charge in [-0.15, -0.1) is 0 Å². The van der Waals surface area contributed by atoms with E-state index < -0.39 is 5.76 Å². The van der Waals surface area contributed by atoms with Gasteiger partial charge in [-0.05, 0) is 12.1 Å². The van der Waals surface area contributed by atoms with Crippen LogP contribution in [0.4, 0.5) is 4.39 Å². The first-order valence-electron chi connectivity index (χ1n) is 3.70. The van der Waals surface area contributed by atoms with Gasteiger partial charge >= 0.3 is 5.76 Å². The lowest BCUT2D eigenvalue weighted by molar-refractivity contribution is 0.515. The highest BCUT2D eigenvalue weighted by atomic mass is 19.1. The van der Waals surface area contributed by atoms with Crippen molar-refractivity contribution in [1.29, 1.82) is 0 Å². The molecular weight excluding hydrogens is 173 g/mol. The molecule has 2 aromatic rings. The Balaban J connectivity index is 2.58. The van der Waals surface area contributed by atoms with Crippen LogP contribution in [0.25, 0.3) is 11.3 Å². The summed E-state index contributed by atoms with van der Waals surface area (Å²) in [5, 5.41) is 0. The smallest absolute Gasteiger partial charge is 0.416 e. The molecule has 1 aromatic carbocycles. The summed E-state index contributed by atoms with van der Waals surface area (Å²) < 4.78 is 17.6. The number of rotatable bonds is 1. The van der Waals surface area contributed by atoms with Crippen LogP contribution < -0.4 is 5.76 Å². The molecule has 0 saturated carbocycles. The third-order valence-electron chi connectivity index (χ3n) is 1.68. The molecule has 13 heavy (non-hydrogen) atoms. The quantitative estimate of drug-likeness (QED) is 0.725. The van der Waals surface area contributed by atoms with Gasteiger partial charge in [-0.3, -0.25) is 4.98 Å². The summed E-state index contributed by atoms with van der Waals surface area (Å²) in [5.41, 5.74) is 0.677. The molecule has 66 valence electrons. The second-order valence-electron chi connectivity index (χ2n) is 2.54. The number of nitrogens with one attached hydrogen (secondary N) is 1. The van der Waals surface area contributed by atoms with Crippen LogP contribution in [0.15, 0.2) is 39.7 Å². The summed E-state index contributed by atoms with van der Waals surface area (Å²) in [6.07, 6.45) is 1.20. The molecule has 0 atom stereocenters. The molecule has 4 heteroatoms. The van der Waals surface area contributed by atoms with E-state index in [9.17, 15) is 9.18 Å². The molecule has 2 rings (SSSR count). The zero-order valence-electron chi connectivity index (χ0n) is 6.58. The van der Waals surface area contributed by atoms with Crippen LogP contribution in [0.5, 0.6) is 0 Å². The van der Waals surface area contributed by atoms with Crippen LogP contribution in [0.1, 0.15) is 0 Å². The minimum absolute atomic E-state index is 0.327. The number of halogens is 1. The topological polar surface area (TPSA) is 46.0 Å². The molecule has 1 N–H and O–H groups in total. The van der Waals surface area contributed by atoms with Gasteiger partial charge in [-0.25, -0.2) is 9.18 Å². The number of aromatic amines is 1. The van der Waals surface area contributed by atoms with Crippen molar-refractivity contribution in [3.8, 4) is 11.3 Å². The second-order valence-corrected chi connectivity index (χ2v) is 2.54. The highest BCUT2D eigenvalue weighted by Gasteiger charge is 2.05. The van der Waals surface area contributed by atoms with Gasteiger partial charge in [-0.2, -0.15) is 0 Å². The zero-order chi connectivity index (χ0) is 9.26. The molecule has 0 fully saturated rings. The first-order valence-corrected chi connectivity index (χ1v) is 3.70. The molecule has 0 spiro atoms. The van der Waals surface area contributed by atoms with E-state index in [1.807, 2.05) is 0 Å². The summed E-state index contributed by atoms with van der Waals surface area (Å²) in [7, 11) is 0. The molecule has 0 unspecified atom stereocenters. The van der Waals surface area contributed by atoms with Gasteiger partial charge in [0.25, 0.3) is 0 Å². The summed E-state index contributed by atoms with van der Waals surface area (Å²) in [6, 6.07) is 6.15. The van der Waals surface area contributed by atoms with Gasteiger partial charge in [-0.1, -0.05) is 12.1 Å². The average Bonchev–Trinajstić information content (AvgIpc) is 2.53. The number of oxazole rings is 1. The fourth-order valence-corrected chi connectivity index (χ4v) is 1.09. The summed E-state index contributed by atoms with van der Waals surface area (Å²) >= 11 is 0. The second kappa shape index (κ2) is 2.90. The maximum absolute atomic E-state index is 13.1. The van der Waals surface area contributed by atoms with E-state index in [0.29, 0.717) is 11.3 Å². The van der Waals surface area contributed by atoms with Crippen LogP contribution in [0.2, 0.25) is 0 Å². The summed E-state index contributed by atoms with van der Waals surface area (Å²) in [5.74, 6) is -0.974. The van der Waals surface area contributed by atoms with Crippen molar-refractivity contribution >= 4 is 0 Å². The van der Waals surface area contributed by atoms with E-state index in [1.165, 1.54) is 12.3 Å². The Bertz CT molecular complexity index is 472. The number of H-pyrrole nitrogens is 1. The third-order valence-corrected chi connectivity index (χ3v) is 1.68. The van der Waals surface area contributed by atoms with E-state index in [4.69, 9.17) is 0 Å². The van der Waals surface area contributed by atoms with Crippen LogP contribution in [-0.4, -0.2) is 4.98 Å². The van der Waals surface area contributed by atoms with Crippen molar-refractivity contribution in [1.82, 2.24) is 4.98 Å². The van der Waals surface area contributed by atoms with Crippen LogP contribution >= 0.6 is 0 Å². The maximum atomic E-state index is 13.1. The minimum Gasteiger partial charge on any atom is -0.416 e. The Morgan fingerprint density at radius 1 is 1.31 bits per heavy atom. The lowest BCUT2D eigenvalue weighted by Gasteiger charge is -1.96. The Morgan fingerprint density at radius 2 is 2.08 bits per heavy atom. The predicted molar refractivity (Wildman–Crippen MR) is 44.7 cm³/mol. The molecule has 0 aliphatic heterocycles. The van der Waals surface area contributed by atoms with Crippen LogP contribution in [0, 0.1) is 5.82 Å². The summed E-state index contributed by atoms with van der Waals surface area (Å²) in [4.78, 5) is 13.0. The maximum Gasteiger partial charge on any atom is 0.416 e. The fourth-order valence-electron chi connectivity index (χ4n) is 1.09. The highest BCUT2D eigenvalue weighted by Crippen LogP contribution is 2.18. The molecule has 1 heterocycles. The van der Waals surface area contributed by atoms with Gasteiger partial charge in [0.15, 0.2) is 0 Å². The summed E-state index contributed by atoms with van der Waals surface area (Å²) in [6.45, 7) is 0. The van der Waals surface area contributed by atoms with E-state index >= 15 is 0 Å². The third kappa shape index (κ3) is 1.38. The largest absolute Gasteiger partial charge is 0.416 e. The van der Waals surface area contributed by atoms with Gasteiger partial charge in [0.05, 0.1) is 5.69 Å². The Kier molecular flexibility index (Phi) is 1.73. The first kappa shape index (κ1) is 7.79. The predicted octanol–water partition coefficient (Wildman–Crippen LogP) is 1.77. The molecule has 0 amide bonds. The fraction of sp³-hybridized carbons (Fsp3) is 0. The van der Waals surface area contributed by atoms with Crippen molar-refractivity contribution in [2.24, 2.45) is 0 Å². The van der Waals surface area contributed by atoms with Gasteiger partial charge < -0.3 is 4.42 Å². The van der Waals surface area contributed by atoms with Crippen LogP contribution in [-0.2, 0) is 0 Å². The van der Waals surface area contributed by atoms with E-state index in [1.54, 1.807) is 18.2 Å². The van der Waals surface area contributed by atoms with Gasteiger partial charge in [0.2, 0.25) is 0 Å². The number of hydrogen-bond donors (Lipinski definition) is 1. The molecular formula is C9H6FNO2. The molecule has 1 aromatic heterocycles. The molecule has 0 aliphatic rings. The number of benzene rings is 1. The van der Waals surface area contributed by atoms with Crippen molar-refractivity contribution in [2.45, 2.75) is 0 Å². The zero-order valence-corrected chi connectivity index (χ0v) is 6.58. The molecule has 3 nitrogen and oxygen atoms in total. The van der Waals surface area contributed by atoms with E-state index in [-0.39, 0.29) is 5.82 Å². The van der Waals surface area contributed by atoms with E-state index in [2.05, 4.69) is 9.40 Å². The van der Waals surface area contributed by atoms with Crippen molar-refractivity contribution in [3.05, 3.63) is 46.9 Å². The minimum atomic E-state index is -0.585. The Morgan fingerprint density at radius 3 is 2.69 bits per heavy atom. The van der Waals surface area contributed by atoms with Crippen molar-refractivity contribution in [3.63, 3.8) is 0 Å². The normalized spacial score (nSPS) is 10.2. The number of aromatic nitrogens is 1. The standard InChI is InChI=1S/C9H6FNO2/c10-7-4-2-1-3-6(7)8-5-13-9(12)11-8/h1-5H,(H,11,12). The highest BCUT2D eigenvalue weighted by molar-refractivity contribution is 5.57. The Labute approximate surface area is 72.8 Å². The SMILES string of the molecule is O=c1[nH]c(-c2ccccc2F)co1. The molecule has 0 aliphatic carbocycles. The lowest BCUT2D eigenvalue weighted by Crippen LogP contribution is -1.95. The van der Waals surface area contributed by atoms with E-state index in [0.717, 1.165) is 0 Å². The van der Waals surface area contributed by atoms with Gasteiger partial charge in [0.1, 0.15) is 12.1 Å². The molecule has 0 radical (unpaired) electrons. The monoisotopic (exact) mass is 179 g/mol.